The molecule has 0 amide bonds. The molecule has 0 radical (unpaired) electrons. The zero-order valence-electron chi connectivity index (χ0n) is 21.1. The van der Waals surface area contributed by atoms with E-state index in [2.05, 4.69) is 48.8 Å². The number of halogens is 2. The van der Waals surface area contributed by atoms with Crippen LogP contribution in [0.3, 0.4) is 0 Å². The van der Waals surface area contributed by atoms with Crippen molar-refractivity contribution in [3.8, 4) is 0 Å². The van der Waals surface area contributed by atoms with Gasteiger partial charge in [0, 0.05) is 41.6 Å². The maximum atomic E-state index is 13.1. The number of aliphatic hydroxyl groups excluding tert-OH is 1. The third-order valence-electron chi connectivity index (χ3n) is 7.49. The van der Waals surface area contributed by atoms with E-state index >= 15 is 0 Å². The van der Waals surface area contributed by atoms with Crippen molar-refractivity contribution in [3.63, 3.8) is 0 Å². The van der Waals surface area contributed by atoms with Crippen LogP contribution in [-0.2, 0) is 17.8 Å². The minimum Gasteiger partial charge on any atom is -0.598 e. The number of hydrogen-bond acceptors (Lipinski definition) is 7. The number of anilines is 1. The Morgan fingerprint density at radius 2 is 1.84 bits per heavy atom. The van der Waals surface area contributed by atoms with Crippen LogP contribution in [0.5, 0.6) is 0 Å². The van der Waals surface area contributed by atoms with Gasteiger partial charge in [-0.05, 0) is 57.2 Å². The zero-order valence-corrected chi connectivity index (χ0v) is 23.4. The summed E-state index contributed by atoms with van der Waals surface area (Å²) < 4.78 is 16.3. The molecule has 2 aliphatic rings. The number of fused-ring (bicyclic) bond motifs is 1. The number of aromatic nitrogens is 3. The van der Waals surface area contributed by atoms with Gasteiger partial charge in [0.25, 0.3) is 0 Å². The smallest absolute Gasteiger partial charge is 0.147 e. The second-order valence-electron chi connectivity index (χ2n) is 10.9. The molecule has 2 aromatic heterocycles. The summed E-state index contributed by atoms with van der Waals surface area (Å²) in [6, 6.07) is 10.2. The molecule has 1 saturated heterocycles. The highest BCUT2D eigenvalue weighted by molar-refractivity contribution is 7.90. The van der Waals surface area contributed by atoms with Crippen molar-refractivity contribution in [1.82, 2.24) is 19.7 Å². The Balaban J connectivity index is 1.31. The number of hydrogen-bond donors (Lipinski definition) is 2. The molecular weight excluding hydrogens is 529 g/mol. The van der Waals surface area contributed by atoms with E-state index < -0.39 is 17.5 Å². The molecule has 37 heavy (non-hydrogen) atoms. The van der Waals surface area contributed by atoms with Crippen molar-refractivity contribution < 1.29 is 9.66 Å². The summed E-state index contributed by atoms with van der Waals surface area (Å²) in [5.41, 5.74) is 3.44. The normalized spacial score (nSPS) is 20.6. The summed E-state index contributed by atoms with van der Waals surface area (Å²) in [5.74, 6) is 0.767. The highest BCUT2D eigenvalue weighted by atomic mass is 35.5. The van der Waals surface area contributed by atoms with E-state index in [0.29, 0.717) is 11.3 Å². The monoisotopic (exact) mass is 559 g/mol. The summed E-state index contributed by atoms with van der Waals surface area (Å²) >= 11 is 11.0. The Kier molecular flexibility index (Phi) is 7.44. The molecular formula is C27H31Cl2N5O2S. The lowest BCUT2D eigenvalue weighted by Gasteiger charge is -2.44. The maximum absolute atomic E-state index is 13.1. The maximum Gasteiger partial charge on any atom is 0.147 e. The topological polar surface area (TPSA) is 97.2 Å². The lowest BCUT2D eigenvalue weighted by molar-refractivity contribution is 0.176. The van der Waals surface area contributed by atoms with Crippen molar-refractivity contribution in [3.05, 3.63) is 81.5 Å². The van der Waals surface area contributed by atoms with Crippen LogP contribution < -0.4 is 9.62 Å². The van der Waals surface area contributed by atoms with E-state index in [1.165, 1.54) is 17.3 Å². The SMILES string of the molecule is CC(C)(C)[S+]([O-])N[C@@H]1c2ccccc2CC12CCN(c1cnc([C@H](O)c3ccnc(Cl)c3Cl)cn1)CC2. The molecule has 2 N–H and O–H groups in total. The zero-order chi connectivity index (χ0) is 26.4. The fraction of sp³-hybridized carbons (Fsp3) is 0.444. The van der Waals surface area contributed by atoms with Gasteiger partial charge in [-0.2, -0.15) is 0 Å². The Labute approximate surface area is 231 Å². The van der Waals surface area contributed by atoms with Crippen LogP contribution in [0.2, 0.25) is 10.2 Å². The molecule has 3 aromatic rings. The van der Waals surface area contributed by atoms with Gasteiger partial charge in [0.15, 0.2) is 0 Å². The van der Waals surface area contributed by atoms with Gasteiger partial charge in [0.1, 0.15) is 21.8 Å². The second-order valence-corrected chi connectivity index (χ2v) is 13.6. The average molecular weight is 561 g/mol. The highest BCUT2D eigenvalue weighted by Gasteiger charge is 2.50. The van der Waals surface area contributed by atoms with Crippen LogP contribution in [0.15, 0.2) is 48.9 Å². The van der Waals surface area contributed by atoms with Crippen molar-refractivity contribution in [1.29, 1.82) is 0 Å². The Morgan fingerprint density at radius 3 is 2.51 bits per heavy atom. The first kappa shape index (κ1) is 26.7. The third kappa shape index (κ3) is 5.20. The van der Waals surface area contributed by atoms with E-state index in [1.807, 2.05) is 20.8 Å². The first-order valence-electron chi connectivity index (χ1n) is 12.4. The van der Waals surface area contributed by atoms with Crippen LogP contribution >= 0.6 is 23.2 Å². The summed E-state index contributed by atoms with van der Waals surface area (Å²) in [7, 11) is 0. The molecule has 1 spiro atoms. The molecule has 3 atom stereocenters. The molecule has 5 rings (SSSR count). The molecule has 1 fully saturated rings. The van der Waals surface area contributed by atoms with Crippen molar-refractivity contribution >= 4 is 40.4 Å². The number of piperidine rings is 1. The van der Waals surface area contributed by atoms with Crippen LogP contribution in [0.4, 0.5) is 5.82 Å². The Bertz CT molecular complexity index is 1260. The number of nitrogens with one attached hydrogen (secondary N) is 1. The van der Waals surface area contributed by atoms with Crippen LogP contribution in [0, 0.1) is 5.41 Å². The third-order valence-corrected chi connectivity index (χ3v) is 9.84. The molecule has 0 bridgehead atoms. The molecule has 0 saturated carbocycles. The molecule has 7 nitrogen and oxygen atoms in total. The molecule has 1 aliphatic heterocycles. The van der Waals surface area contributed by atoms with Crippen LogP contribution in [0.1, 0.15) is 68.1 Å². The van der Waals surface area contributed by atoms with E-state index in [9.17, 15) is 9.66 Å². The van der Waals surface area contributed by atoms with Crippen molar-refractivity contribution in [2.24, 2.45) is 5.41 Å². The van der Waals surface area contributed by atoms with E-state index in [-0.39, 0.29) is 26.4 Å². The van der Waals surface area contributed by atoms with Gasteiger partial charge in [-0.3, -0.25) is 4.98 Å². The number of aliphatic hydroxyl groups is 1. The van der Waals surface area contributed by atoms with E-state index in [0.717, 1.165) is 38.2 Å². The fourth-order valence-corrected chi connectivity index (χ4v) is 6.67. The molecule has 196 valence electrons. The summed E-state index contributed by atoms with van der Waals surface area (Å²) in [5, 5.41) is 11.1. The predicted molar refractivity (Wildman–Crippen MR) is 148 cm³/mol. The van der Waals surface area contributed by atoms with Gasteiger partial charge in [-0.15, -0.1) is 4.72 Å². The molecule has 1 unspecified atom stereocenters. The second kappa shape index (κ2) is 10.3. The Hall–Kier alpha value is -1.94. The number of rotatable bonds is 5. The van der Waals surface area contributed by atoms with Crippen LogP contribution in [-0.4, -0.2) is 42.4 Å². The van der Waals surface area contributed by atoms with Crippen LogP contribution in [0.25, 0.3) is 0 Å². The lowest BCUT2D eigenvalue weighted by atomic mass is 9.73. The summed E-state index contributed by atoms with van der Waals surface area (Å²) in [6.07, 6.45) is 6.58. The highest BCUT2D eigenvalue weighted by Crippen LogP contribution is 2.52. The largest absolute Gasteiger partial charge is 0.598 e. The van der Waals surface area contributed by atoms with E-state index in [1.54, 1.807) is 18.5 Å². The number of nitrogens with zero attached hydrogens (tertiary/aromatic N) is 4. The average Bonchev–Trinajstić information content (AvgIpc) is 3.17. The minimum absolute atomic E-state index is 0.00201. The first-order valence-corrected chi connectivity index (χ1v) is 14.3. The fourth-order valence-electron chi connectivity index (χ4n) is 5.35. The van der Waals surface area contributed by atoms with Crippen molar-refractivity contribution in [2.45, 2.75) is 56.9 Å². The van der Waals surface area contributed by atoms with E-state index in [4.69, 9.17) is 23.2 Å². The lowest BCUT2D eigenvalue weighted by Crippen LogP contribution is -2.49. The standard InChI is InChI=1S/C27H31Cl2N5O2S/c1-26(2,3)37(36)33-24-18-7-5-4-6-17(18)14-27(24)9-12-34(13-10-27)21-16-31-20(15-32-21)23(35)19-8-11-30-25(29)22(19)28/h4-8,11,15-16,23-24,33,35H,9-10,12-14H2,1-3H3/t23-,24-,37?/m1/s1. The van der Waals surface area contributed by atoms with Gasteiger partial charge in [-0.25, -0.2) is 9.97 Å². The molecule has 1 aliphatic carbocycles. The predicted octanol–water partition coefficient (Wildman–Crippen LogP) is 5.20. The molecule has 10 heteroatoms. The molecule has 1 aromatic carbocycles. The van der Waals surface area contributed by atoms with Gasteiger partial charge >= 0.3 is 0 Å². The quantitative estimate of drug-likeness (QED) is 0.327. The van der Waals surface area contributed by atoms with Gasteiger partial charge < -0.3 is 14.6 Å². The first-order chi connectivity index (χ1) is 17.6. The minimum atomic E-state index is -1.16. The number of pyridine rings is 1. The summed E-state index contributed by atoms with van der Waals surface area (Å²) in [6.45, 7) is 7.64. The van der Waals surface area contributed by atoms with Gasteiger partial charge in [0.05, 0.1) is 29.2 Å². The number of benzene rings is 1. The summed E-state index contributed by atoms with van der Waals surface area (Å²) in [4.78, 5) is 15.2. The molecule has 3 heterocycles. The Morgan fingerprint density at radius 1 is 1.11 bits per heavy atom. The van der Waals surface area contributed by atoms with Gasteiger partial charge in [-0.1, -0.05) is 47.5 Å². The van der Waals surface area contributed by atoms with Crippen molar-refractivity contribution in [2.75, 3.05) is 18.0 Å². The van der Waals surface area contributed by atoms with Gasteiger partial charge in [0.2, 0.25) is 0 Å².